The van der Waals surface area contributed by atoms with Crippen LogP contribution in [0.2, 0.25) is 0 Å². The summed E-state index contributed by atoms with van der Waals surface area (Å²) in [5.74, 6) is 0.598. The second-order valence-electron chi connectivity index (χ2n) is 3.62. The molecule has 1 aromatic heterocycles. The first-order chi connectivity index (χ1) is 6.77. The van der Waals surface area contributed by atoms with E-state index in [2.05, 4.69) is 4.98 Å². The predicted octanol–water partition coefficient (Wildman–Crippen LogP) is 2.54. The first-order valence-corrected chi connectivity index (χ1v) is 5.76. The zero-order valence-corrected chi connectivity index (χ0v) is 8.96. The number of hydrogen-bond acceptors (Lipinski definition) is 3. The molecule has 0 spiro atoms. The molecule has 1 aliphatic rings. The molecule has 2 atom stereocenters. The lowest BCUT2D eigenvalue weighted by Gasteiger charge is -2.12. The van der Waals surface area contributed by atoms with Gasteiger partial charge in [-0.15, -0.1) is 11.8 Å². The van der Waals surface area contributed by atoms with E-state index in [9.17, 15) is 4.79 Å². The summed E-state index contributed by atoms with van der Waals surface area (Å²) in [6.07, 6.45) is 3.54. The van der Waals surface area contributed by atoms with Crippen molar-refractivity contribution in [3.8, 4) is 0 Å². The van der Waals surface area contributed by atoms with Crippen molar-refractivity contribution in [1.29, 1.82) is 0 Å². The third kappa shape index (κ3) is 1.98. The fraction of sp³-hybridized carbons (Fsp3) is 0.455. The number of rotatable bonds is 2. The summed E-state index contributed by atoms with van der Waals surface area (Å²) in [4.78, 5) is 15.6. The Hall–Kier alpha value is -0.830. The van der Waals surface area contributed by atoms with Gasteiger partial charge < -0.3 is 0 Å². The molecule has 3 heteroatoms. The molecule has 0 saturated heterocycles. The van der Waals surface area contributed by atoms with Gasteiger partial charge in [0, 0.05) is 23.8 Å². The third-order valence-electron chi connectivity index (χ3n) is 2.65. The lowest BCUT2D eigenvalue weighted by molar-refractivity contribution is -0.120. The summed E-state index contributed by atoms with van der Waals surface area (Å²) >= 11 is 1.73. The molecule has 0 bridgehead atoms. The van der Waals surface area contributed by atoms with Crippen molar-refractivity contribution in [3.05, 3.63) is 24.4 Å². The number of thioether (sulfide) groups is 1. The average molecular weight is 207 g/mol. The number of pyridine rings is 1. The molecule has 1 aromatic rings. The number of ketones is 1. The molecule has 1 fully saturated rings. The number of carbonyl (C=O) groups is 1. The second-order valence-corrected chi connectivity index (χ2v) is 4.88. The normalized spacial score (nSPS) is 26.8. The predicted molar refractivity (Wildman–Crippen MR) is 57.3 cm³/mol. The Morgan fingerprint density at radius 1 is 1.50 bits per heavy atom. The topological polar surface area (TPSA) is 30.0 Å². The van der Waals surface area contributed by atoms with Crippen molar-refractivity contribution in [1.82, 2.24) is 4.98 Å². The molecule has 1 saturated carbocycles. The molecular formula is C11H13NOS. The summed E-state index contributed by atoms with van der Waals surface area (Å²) in [7, 11) is 0. The van der Waals surface area contributed by atoms with Gasteiger partial charge in [0.1, 0.15) is 5.78 Å². The molecule has 0 radical (unpaired) electrons. The van der Waals surface area contributed by atoms with Crippen LogP contribution in [-0.4, -0.2) is 16.0 Å². The van der Waals surface area contributed by atoms with E-state index in [0.29, 0.717) is 11.0 Å². The first kappa shape index (κ1) is 9.71. The number of hydrogen-bond donors (Lipinski definition) is 0. The summed E-state index contributed by atoms with van der Waals surface area (Å²) in [5.41, 5.74) is 0. The van der Waals surface area contributed by atoms with E-state index in [1.54, 1.807) is 18.0 Å². The Labute approximate surface area is 88.1 Å². The van der Waals surface area contributed by atoms with E-state index >= 15 is 0 Å². The Bertz CT molecular complexity index is 325. The van der Waals surface area contributed by atoms with Crippen LogP contribution in [0.4, 0.5) is 0 Å². The smallest absolute Gasteiger partial charge is 0.136 e. The number of carbonyl (C=O) groups excluding carboxylic acids is 1. The van der Waals surface area contributed by atoms with Gasteiger partial charge in [-0.3, -0.25) is 4.79 Å². The third-order valence-corrected chi connectivity index (χ3v) is 4.08. The quantitative estimate of drug-likeness (QED) is 0.746. The molecule has 0 aliphatic heterocycles. The molecule has 14 heavy (non-hydrogen) atoms. The maximum atomic E-state index is 11.3. The van der Waals surface area contributed by atoms with Gasteiger partial charge in [0.05, 0.1) is 5.03 Å². The molecule has 0 amide bonds. The van der Waals surface area contributed by atoms with Crippen LogP contribution in [0.3, 0.4) is 0 Å². The summed E-state index contributed by atoms with van der Waals surface area (Å²) in [6, 6.07) is 5.89. The number of nitrogens with zero attached hydrogens (tertiary/aromatic N) is 1. The van der Waals surface area contributed by atoms with Crippen LogP contribution < -0.4 is 0 Å². The fourth-order valence-corrected chi connectivity index (χ4v) is 2.88. The number of Topliss-reactive ketones (excluding diaryl/α,β-unsaturated/α-hetero) is 1. The van der Waals surface area contributed by atoms with Gasteiger partial charge in [0.15, 0.2) is 0 Å². The number of aromatic nitrogens is 1. The highest BCUT2D eigenvalue weighted by molar-refractivity contribution is 7.99. The Balaban J connectivity index is 2.02. The largest absolute Gasteiger partial charge is 0.299 e. The fourth-order valence-electron chi connectivity index (χ4n) is 1.70. The molecule has 0 aromatic carbocycles. The van der Waals surface area contributed by atoms with Gasteiger partial charge in [-0.2, -0.15) is 0 Å². The molecule has 1 heterocycles. The van der Waals surface area contributed by atoms with Crippen molar-refractivity contribution in [2.75, 3.05) is 0 Å². The van der Waals surface area contributed by atoms with Crippen LogP contribution >= 0.6 is 11.8 Å². The molecular weight excluding hydrogens is 194 g/mol. The van der Waals surface area contributed by atoms with Gasteiger partial charge in [-0.1, -0.05) is 13.0 Å². The summed E-state index contributed by atoms with van der Waals surface area (Å²) < 4.78 is 0. The molecule has 0 N–H and O–H groups in total. The highest BCUT2D eigenvalue weighted by Gasteiger charge is 2.31. The van der Waals surface area contributed by atoms with Crippen molar-refractivity contribution in [2.24, 2.45) is 5.92 Å². The maximum absolute atomic E-state index is 11.3. The molecule has 2 unspecified atom stereocenters. The second kappa shape index (κ2) is 4.13. The van der Waals surface area contributed by atoms with Gasteiger partial charge in [-0.05, 0) is 18.6 Å². The Kier molecular flexibility index (Phi) is 2.87. The van der Waals surface area contributed by atoms with Crippen molar-refractivity contribution in [2.45, 2.75) is 30.0 Å². The highest BCUT2D eigenvalue weighted by atomic mass is 32.2. The average Bonchev–Trinajstić information content (AvgIpc) is 2.52. The van der Waals surface area contributed by atoms with Gasteiger partial charge in [0.25, 0.3) is 0 Å². The molecule has 2 rings (SSSR count). The van der Waals surface area contributed by atoms with Crippen LogP contribution in [-0.2, 0) is 4.79 Å². The van der Waals surface area contributed by atoms with Crippen LogP contribution in [0.15, 0.2) is 29.4 Å². The minimum atomic E-state index is 0.196. The van der Waals surface area contributed by atoms with E-state index in [1.165, 1.54) is 0 Å². The van der Waals surface area contributed by atoms with Crippen LogP contribution in [0, 0.1) is 5.92 Å². The van der Waals surface area contributed by atoms with E-state index in [1.807, 2.05) is 25.1 Å². The van der Waals surface area contributed by atoms with E-state index < -0.39 is 0 Å². The van der Waals surface area contributed by atoms with Crippen molar-refractivity contribution >= 4 is 17.5 Å². The highest BCUT2D eigenvalue weighted by Crippen LogP contribution is 2.35. The SMILES string of the molecule is CC1C(=O)CCC1Sc1ccccn1. The maximum Gasteiger partial charge on any atom is 0.136 e. The monoisotopic (exact) mass is 207 g/mol. The molecule has 74 valence electrons. The standard InChI is InChI=1S/C11H13NOS/c1-8-9(13)5-6-10(8)14-11-4-2-3-7-12-11/h2-4,7-8,10H,5-6H2,1H3. The van der Waals surface area contributed by atoms with Gasteiger partial charge >= 0.3 is 0 Å². The van der Waals surface area contributed by atoms with E-state index in [4.69, 9.17) is 0 Å². The van der Waals surface area contributed by atoms with E-state index in [0.717, 1.165) is 17.9 Å². The van der Waals surface area contributed by atoms with E-state index in [-0.39, 0.29) is 5.92 Å². The summed E-state index contributed by atoms with van der Waals surface area (Å²) in [6.45, 7) is 2.02. The minimum absolute atomic E-state index is 0.196. The van der Waals surface area contributed by atoms with Gasteiger partial charge in [-0.25, -0.2) is 4.98 Å². The van der Waals surface area contributed by atoms with Crippen LogP contribution in [0.1, 0.15) is 19.8 Å². The van der Waals surface area contributed by atoms with Crippen molar-refractivity contribution in [3.63, 3.8) is 0 Å². The first-order valence-electron chi connectivity index (χ1n) is 4.88. The lowest BCUT2D eigenvalue weighted by Crippen LogP contribution is -2.12. The minimum Gasteiger partial charge on any atom is -0.299 e. The molecule has 2 nitrogen and oxygen atoms in total. The summed E-state index contributed by atoms with van der Waals surface area (Å²) in [5, 5.41) is 1.46. The van der Waals surface area contributed by atoms with Gasteiger partial charge in [0.2, 0.25) is 0 Å². The zero-order chi connectivity index (χ0) is 9.97. The lowest BCUT2D eigenvalue weighted by atomic mass is 10.1. The van der Waals surface area contributed by atoms with Crippen LogP contribution in [0.25, 0.3) is 0 Å². The Morgan fingerprint density at radius 3 is 2.93 bits per heavy atom. The Morgan fingerprint density at radius 2 is 2.36 bits per heavy atom. The molecule has 1 aliphatic carbocycles. The zero-order valence-electron chi connectivity index (χ0n) is 8.14. The van der Waals surface area contributed by atoms with Crippen molar-refractivity contribution < 1.29 is 4.79 Å². The van der Waals surface area contributed by atoms with Crippen LogP contribution in [0.5, 0.6) is 0 Å².